The molecule has 0 aliphatic carbocycles. The number of benzene rings is 3. The first kappa shape index (κ1) is 66.0. The maximum absolute atomic E-state index is 14.3. The van der Waals surface area contributed by atoms with Gasteiger partial charge in [0.15, 0.2) is 5.96 Å². The third-order valence-electron chi connectivity index (χ3n) is 13.4. The number of aromatic hydroxyl groups is 1. The molecule has 0 spiro atoms. The predicted octanol–water partition coefficient (Wildman–Crippen LogP) is -2.95. The molecule has 2 heterocycles. The highest BCUT2D eigenvalue weighted by molar-refractivity contribution is 5.99. The number of aliphatic hydroxyl groups is 1. The largest absolute Gasteiger partial charge is 0.508 e. The van der Waals surface area contributed by atoms with E-state index in [1.54, 1.807) is 74.6 Å². The SMILES string of the molecule is CC(C)C[C@H](NC(=O)CNC(=O)[C@H](Cc1ccc(O)cc1)NC(=O)[C@H](CO)NC(=O)[C@H](Cc1c[nH]c2ccccc12)NC(=O)[C@H](CC(N)=O)NC(=O)OCc1ccccc1)C(=O)N[C@@H](CCCN=C(N)N)C(=O)N1CCC[C@H]1C(=O)NCC(N)=O. The number of para-hydroxylation sites is 1. The molecule has 3 aromatic carbocycles. The average molecular weight is 1180 g/mol. The Labute approximate surface area is 488 Å². The van der Waals surface area contributed by atoms with Gasteiger partial charge in [-0.15, -0.1) is 0 Å². The summed E-state index contributed by atoms with van der Waals surface area (Å²) >= 11 is 0. The van der Waals surface area contributed by atoms with Gasteiger partial charge in [-0.3, -0.25) is 52.9 Å². The Bertz CT molecular complexity index is 3030. The molecule has 1 fully saturated rings. The number of alkyl carbamates (subject to hydrolysis) is 1. The van der Waals surface area contributed by atoms with Crippen molar-refractivity contribution in [2.24, 2.45) is 33.8 Å². The number of likely N-dealkylation sites (tertiary alicyclic amines) is 1. The molecule has 5 rings (SSSR count). The molecule has 29 heteroatoms. The van der Waals surface area contributed by atoms with Crippen molar-refractivity contribution in [3.63, 3.8) is 0 Å². The minimum Gasteiger partial charge on any atom is -0.508 e. The maximum Gasteiger partial charge on any atom is 0.408 e. The summed E-state index contributed by atoms with van der Waals surface area (Å²) in [7, 11) is 0. The number of fused-ring (bicyclic) bond motifs is 1. The molecule has 1 aromatic heterocycles. The van der Waals surface area contributed by atoms with Crippen LogP contribution in [0.4, 0.5) is 4.79 Å². The van der Waals surface area contributed by atoms with Gasteiger partial charge >= 0.3 is 6.09 Å². The molecular weight excluding hydrogens is 1110 g/mol. The van der Waals surface area contributed by atoms with E-state index in [0.717, 1.165) is 0 Å². The Balaban J connectivity index is 1.31. The molecule has 0 saturated carbocycles. The summed E-state index contributed by atoms with van der Waals surface area (Å²) in [5.74, 6) is -9.29. The molecule has 0 bridgehead atoms. The van der Waals surface area contributed by atoms with Gasteiger partial charge in [-0.1, -0.05) is 74.5 Å². The Hall–Kier alpha value is -9.80. The number of aromatic nitrogens is 1. The number of primary amides is 2. The van der Waals surface area contributed by atoms with Crippen LogP contribution in [0, 0.1) is 5.92 Å². The lowest BCUT2D eigenvalue weighted by atomic mass is 10.0. The second-order valence-electron chi connectivity index (χ2n) is 20.6. The number of aromatic amines is 1. The highest BCUT2D eigenvalue weighted by atomic mass is 16.5. The molecule has 85 heavy (non-hydrogen) atoms. The van der Waals surface area contributed by atoms with Crippen molar-refractivity contribution < 1.29 is 67.7 Å². The molecule has 29 nitrogen and oxygen atoms in total. The van der Waals surface area contributed by atoms with E-state index in [9.17, 15) is 63.0 Å². The molecule has 4 aromatic rings. The summed E-state index contributed by atoms with van der Waals surface area (Å²) in [6, 6.07) is 11.2. The van der Waals surface area contributed by atoms with Crippen LogP contribution >= 0.6 is 0 Å². The number of ether oxygens (including phenoxy) is 1. The standard InChI is InChI=1S/C56H75N15O14/c1-31(2)22-39(49(78)66-38(14-8-20-61-55(59)60)54(83)71-21-9-15-44(71)53(82)63-27-46(58)75)65-47(76)28-64-48(77)40(23-32-16-18-35(73)19-17-32)67-52(81)43(29-72)69-50(79)41(24-34-26-62-37-13-7-6-12-36(34)37)68-51(80)42(25-45(57)74)70-56(84)85-30-33-10-4-3-5-11-33/h3-7,10-13,16-19,26,31,38-44,62,72-73H,8-9,14-15,20-25,27-30H2,1-2H3,(H2,57,74)(H2,58,75)(H,63,82)(H,64,77)(H,65,76)(H,66,78)(H,67,81)(H,68,80)(H,69,79)(H,70,84)(H4,59,60,61)/t38-,39-,40-,41-,42-,43-,44-/m0/s1. The molecule has 1 saturated heterocycles. The van der Waals surface area contributed by atoms with Crippen LogP contribution in [0.1, 0.15) is 69.1 Å². The van der Waals surface area contributed by atoms with Crippen LogP contribution in [0.5, 0.6) is 5.75 Å². The molecule has 0 radical (unpaired) electrons. The summed E-state index contributed by atoms with van der Waals surface area (Å²) in [6.45, 7) is 1.35. The minimum atomic E-state index is -1.80. The molecule has 0 unspecified atom stereocenters. The van der Waals surface area contributed by atoms with Gasteiger partial charge in [0, 0.05) is 43.0 Å². The number of carbonyl (C=O) groups excluding carboxylic acids is 11. The van der Waals surface area contributed by atoms with Crippen molar-refractivity contribution in [2.45, 2.75) is 114 Å². The number of aliphatic imine (C=N–C) groups is 1. The van der Waals surface area contributed by atoms with Crippen molar-refractivity contribution in [1.82, 2.24) is 52.4 Å². The lowest BCUT2D eigenvalue weighted by molar-refractivity contribution is -0.142. The number of nitrogens with zero attached hydrogens (tertiary/aromatic N) is 2. The number of phenolic OH excluding ortho intramolecular Hbond substituents is 1. The van der Waals surface area contributed by atoms with Crippen LogP contribution in [0.25, 0.3) is 10.9 Å². The quantitative estimate of drug-likeness (QED) is 0.0132. The van der Waals surface area contributed by atoms with Gasteiger partial charge in [0.1, 0.15) is 54.6 Å². The Morgan fingerprint density at radius 2 is 1.29 bits per heavy atom. The van der Waals surface area contributed by atoms with Crippen LogP contribution in [0.15, 0.2) is 90.1 Å². The number of aliphatic hydroxyl groups excluding tert-OH is 1. The summed E-state index contributed by atoms with van der Waals surface area (Å²) in [5.41, 5.74) is 23.8. The number of rotatable bonds is 32. The van der Waals surface area contributed by atoms with Crippen LogP contribution in [0.2, 0.25) is 0 Å². The number of phenols is 1. The topological polar surface area (TPSA) is 469 Å². The first-order valence-corrected chi connectivity index (χ1v) is 27.4. The second-order valence-corrected chi connectivity index (χ2v) is 20.6. The normalized spacial score (nSPS) is 14.9. The molecule has 7 atom stereocenters. The van der Waals surface area contributed by atoms with Crippen molar-refractivity contribution in [1.29, 1.82) is 0 Å². The van der Waals surface area contributed by atoms with Crippen LogP contribution in [-0.4, -0.2) is 166 Å². The third kappa shape index (κ3) is 21.5. The van der Waals surface area contributed by atoms with Gasteiger partial charge in [-0.05, 0) is 72.9 Å². The molecule has 458 valence electrons. The number of hydrogen-bond acceptors (Lipinski definition) is 15. The summed E-state index contributed by atoms with van der Waals surface area (Å²) in [6.07, 6.45) is 0.268. The average Bonchev–Trinajstić information content (AvgIpc) is 4.35. The van der Waals surface area contributed by atoms with Gasteiger partial charge in [0.05, 0.1) is 26.1 Å². The van der Waals surface area contributed by atoms with E-state index in [1.165, 1.54) is 29.2 Å². The van der Waals surface area contributed by atoms with Crippen molar-refractivity contribution in [3.8, 4) is 5.75 Å². The van der Waals surface area contributed by atoms with E-state index in [2.05, 4.69) is 52.5 Å². The fraction of sp³-hybridized carbons (Fsp3) is 0.429. The van der Waals surface area contributed by atoms with E-state index in [0.29, 0.717) is 34.0 Å². The van der Waals surface area contributed by atoms with Crippen molar-refractivity contribution >= 4 is 82.0 Å². The van der Waals surface area contributed by atoms with E-state index >= 15 is 0 Å². The van der Waals surface area contributed by atoms with Crippen LogP contribution in [0.3, 0.4) is 0 Å². The zero-order valence-electron chi connectivity index (χ0n) is 47.1. The summed E-state index contributed by atoms with van der Waals surface area (Å²) in [4.78, 5) is 156. The highest BCUT2D eigenvalue weighted by Gasteiger charge is 2.39. The summed E-state index contributed by atoms with van der Waals surface area (Å²) < 4.78 is 5.24. The lowest BCUT2D eigenvalue weighted by Crippen LogP contribution is -2.60. The van der Waals surface area contributed by atoms with Gasteiger partial charge in [0.2, 0.25) is 59.1 Å². The summed E-state index contributed by atoms with van der Waals surface area (Å²) in [5, 5.41) is 41.1. The van der Waals surface area contributed by atoms with E-state index in [1.807, 2.05) is 0 Å². The highest BCUT2D eigenvalue weighted by Crippen LogP contribution is 2.22. The molecule has 19 N–H and O–H groups in total. The van der Waals surface area contributed by atoms with Gasteiger partial charge < -0.3 is 90.3 Å². The fourth-order valence-electron chi connectivity index (χ4n) is 9.20. The number of carbonyl (C=O) groups is 11. The number of nitrogens with two attached hydrogens (primary N) is 4. The van der Waals surface area contributed by atoms with E-state index in [-0.39, 0.29) is 75.8 Å². The van der Waals surface area contributed by atoms with Gasteiger partial charge in [0.25, 0.3) is 0 Å². The first-order valence-electron chi connectivity index (χ1n) is 27.4. The number of nitrogens with one attached hydrogen (secondary N) is 9. The molecule has 1 aliphatic rings. The third-order valence-corrected chi connectivity index (χ3v) is 13.4. The van der Waals surface area contributed by atoms with Crippen LogP contribution < -0.4 is 65.5 Å². The van der Waals surface area contributed by atoms with Gasteiger partial charge in [-0.2, -0.15) is 0 Å². The van der Waals surface area contributed by atoms with Crippen molar-refractivity contribution in [3.05, 3.63) is 102 Å². The zero-order chi connectivity index (χ0) is 62.2. The Morgan fingerprint density at radius 3 is 1.95 bits per heavy atom. The number of H-pyrrole nitrogens is 1. The smallest absolute Gasteiger partial charge is 0.408 e. The van der Waals surface area contributed by atoms with Crippen LogP contribution in [-0.2, 0) is 72.1 Å². The van der Waals surface area contributed by atoms with Crippen molar-refractivity contribution in [2.75, 3.05) is 32.8 Å². The van der Waals surface area contributed by atoms with Gasteiger partial charge in [-0.25, -0.2) is 4.79 Å². The second kappa shape index (κ2) is 32.7. The Morgan fingerprint density at radius 1 is 0.671 bits per heavy atom. The Kier molecular flexibility index (Phi) is 25.4. The number of guanidine groups is 1. The molecule has 11 amide bonds. The fourth-order valence-corrected chi connectivity index (χ4v) is 9.20. The minimum absolute atomic E-state index is 0.00904. The maximum atomic E-state index is 14.3. The predicted molar refractivity (Wildman–Crippen MR) is 307 cm³/mol. The monoisotopic (exact) mass is 1180 g/mol. The van der Waals surface area contributed by atoms with E-state index in [4.69, 9.17) is 27.7 Å². The molecule has 1 aliphatic heterocycles. The first-order chi connectivity index (χ1) is 40.5. The lowest BCUT2D eigenvalue weighted by Gasteiger charge is -2.30. The molecular formula is C56H75N15O14. The zero-order valence-corrected chi connectivity index (χ0v) is 47.1. The number of hydrogen-bond donors (Lipinski definition) is 15. The van der Waals surface area contributed by atoms with E-state index < -0.39 is 134 Å². The number of amides is 11.